The summed E-state index contributed by atoms with van der Waals surface area (Å²) in [6, 6.07) is 9.63. The van der Waals surface area contributed by atoms with Crippen molar-refractivity contribution < 1.29 is 9.90 Å². The highest BCUT2D eigenvalue weighted by molar-refractivity contribution is 6.30. The molecular formula is C27H32ClN7O2. The van der Waals surface area contributed by atoms with E-state index in [1.54, 1.807) is 20.2 Å². The second kappa shape index (κ2) is 10.1. The molecule has 9 nitrogen and oxygen atoms in total. The van der Waals surface area contributed by atoms with Gasteiger partial charge in [0.15, 0.2) is 5.82 Å². The van der Waals surface area contributed by atoms with Crippen molar-refractivity contribution in [3.63, 3.8) is 0 Å². The first kappa shape index (κ1) is 25.2. The van der Waals surface area contributed by atoms with Gasteiger partial charge in [-0.05, 0) is 50.5 Å². The zero-order valence-electron chi connectivity index (χ0n) is 21.3. The predicted molar refractivity (Wildman–Crippen MR) is 143 cm³/mol. The summed E-state index contributed by atoms with van der Waals surface area (Å²) in [7, 11) is 0. The van der Waals surface area contributed by atoms with Gasteiger partial charge in [-0.3, -0.25) is 9.48 Å². The van der Waals surface area contributed by atoms with Crippen LogP contribution in [0.1, 0.15) is 45.2 Å². The van der Waals surface area contributed by atoms with Crippen molar-refractivity contribution >= 4 is 28.8 Å². The van der Waals surface area contributed by atoms with E-state index in [2.05, 4.69) is 32.3 Å². The number of hydrogen-bond donors (Lipinski definition) is 2. The van der Waals surface area contributed by atoms with Crippen molar-refractivity contribution in [3.8, 4) is 11.1 Å². The summed E-state index contributed by atoms with van der Waals surface area (Å²) >= 11 is 6.01. The minimum atomic E-state index is -0.735. The van der Waals surface area contributed by atoms with Crippen LogP contribution in [0.3, 0.4) is 0 Å². The fourth-order valence-electron chi connectivity index (χ4n) is 4.56. The topological polar surface area (TPSA) is 101 Å². The first-order chi connectivity index (χ1) is 17.7. The maximum atomic E-state index is 13.0. The van der Waals surface area contributed by atoms with Gasteiger partial charge in [0, 0.05) is 48.2 Å². The van der Waals surface area contributed by atoms with Crippen LogP contribution in [-0.4, -0.2) is 54.1 Å². The van der Waals surface area contributed by atoms with Crippen LogP contribution in [0.5, 0.6) is 0 Å². The fourth-order valence-corrected chi connectivity index (χ4v) is 4.69. The summed E-state index contributed by atoms with van der Waals surface area (Å²) in [5, 5.41) is 22.7. The zero-order chi connectivity index (χ0) is 26.2. The van der Waals surface area contributed by atoms with Crippen LogP contribution in [0, 0.1) is 5.92 Å². The van der Waals surface area contributed by atoms with E-state index in [9.17, 15) is 9.90 Å². The molecule has 4 aromatic rings. The van der Waals surface area contributed by atoms with E-state index >= 15 is 0 Å². The van der Waals surface area contributed by atoms with Gasteiger partial charge in [0.1, 0.15) is 11.8 Å². The highest BCUT2D eigenvalue weighted by atomic mass is 35.5. The van der Waals surface area contributed by atoms with Crippen LogP contribution < -0.4 is 10.2 Å². The summed E-state index contributed by atoms with van der Waals surface area (Å²) in [6.45, 7) is 7.49. The smallest absolute Gasteiger partial charge is 0.227 e. The molecule has 0 radical (unpaired) electrons. The summed E-state index contributed by atoms with van der Waals surface area (Å²) in [6.07, 6.45) is 8.71. The lowest BCUT2D eigenvalue weighted by atomic mass is 9.97. The minimum absolute atomic E-state index is 0.0397. The Labute approximate surface area is 221 Å². The van der Waals surface area contributed by atoms with Crippen molar-refractivity contribution in [1.82, 2.24) is 29.7 Å². The Morgan fingerprint density at radius 1 is 1.19 bits per heavy atom. The molecule has 2 N–H and O–H groups in total. The van der Waals surface area contributed by atoms with E-state index in [4.69, 9.17) is 11.6 Å². The first-order valence-electron chi connectivity index (χ1n) is 12.6. The number of benzene rings is 1. The maximum absolute atomic E-state index is 13.0. The number of anilines is 1. The first-order valence-corrected chi connectivity index (χ1v) is 13.0. The summed E-state index contributed by atoms with van der Waals surface area (Å²) < 4.78 is 3.65. The summed E-state index contributed by atoms with van der Waals surface area (Å²) in [5.74, 6) is 0.766. The van der Waals surface area contributed by atoms with Crippen LogP contribution in [0.4, 0.5) is 5.82 Å². The van der Waals surface area contributed by atoms with E-state index in [1.807, 2.05) is 58.1 Å². The summed E-state index contributed by atoms with van der Waals surface area (Å²) in [4.78, 5) is 19.6. The molecule has 0 unspecified atom stereocenters. The fraction of sp³-hybridized carbons (Fsp3) is 0.407. The Bertz CT molecular complexity index is 1380. The molecular weight excluding hydrogens is 490 g/mol. The predicted octanol–water partition coefficient (Wildman–Crippen LogP) is 4.11. The van der Waals surface area contributed by atoms with Gasteiger partial charge in [-0.25, -0.2) is 9.50 Å². The van der Waals surface area contributed by atoms with Gasteiger partial charge in [0.05, 0.1) is 23.8 Å². The van der Waals surface area contributed by atoms with Gasteiger partial charge in [-0.15, -0.1) is 0 Å². The number of carbonyl (C=O) groups is 1. The molecule has 1 atom stereocenters. The van der Waals surface area contributed by atoms with Gasteiger partial charge in [0.2, 0.25) is 5.91 Å². The molecule has 1 aromatic carbocycles. The number of halogens is 1. The third-order valence-corrected chi connectivity index (χ3v) is 7.11. The number of aliphatic hydroxyl groups is 1. The molecule has 37 heavy (non-hydrogen) atoms. The molecule has 1 amide bonds. The molecule has 0 saturated carbocycles. The van der Waals surface area contributed by atoms with Gasteiger partial charge in [0.25, 0.3) is 0 Å². The minimum Gasteiger partial charge on any atom is -0.390 e. The maximum Gasteiger partial charge on any atom is 0.227 e. The standard InChI is InChI=1S/C27H32ClN7O2/c1-4-23(18-5-7-22(28)8-6-18)32-26(36)21-13-33(14-21)25-24-11-19(16-35(24)31-17-29-25)20-12-30-34(15-20)10-9-27(2,3)37/h5-8,11-12,15-17,21,23,37H,4,9-10,13-14H2,1-3H3,(H,32,36)/t23-/m0/s1. The lowest BCUT2D eigenvalue weighted by molar-refractivity contribution is -0.126. The molecule has 194 valence electrons. The van der Waals surface area contributed by atoms with Gasteiger partial charge >= 0.3 is 0 Å². The Balaban J connectivity index is 1.25. The second-order valence-corrected chi connectivity index (χ2v) is 10.8. The van der Waals surface area contributed by atoms with Gasteiger partial charge in [-0.1, -0.05) is 30.7 Å². The van der Waals surface area contributed by atoms with Crippen molar-refractivity contribution in [2.24, 2.45) is 5.92 Å². The van der Waals surface area contributed by atoms with E-state index in [0.29, 0.717) is 31.1 Å². The quantitative estimate of drug-likeness (QED) is 0.344. The third kappa shape index (κ3) is 5.62. The normalized spacial score (nSPS) is 15.1. The van der Waals surface area contributed by atoms with Crippen LogP contribution in [0.25, 0.3) is 16.6 Å². The average Bonchev–Trinajstić information content (AvgIpc) is 3.48. The SMILES string of the molecule is CC[C@H](NC(=O)C1CN(c2ncnn3cc(-c4cnn(CCC(C)(C)O)c4)cc23)C1)c1ccc(Cl)cc1. The van der Waals surface area contributed by atoms with Crippen LogP contribution in [0.15, 0.2) is 55.2 Å². The highest BCUT2D eigenvalue weighted by Crippen LogP contribution is 2.31. The molecule has 1 aliphatic rings. The van der Waals surface area contributed by atoms with E-state index in [1.165, 1.54) is 0 Å². The number of carbonyl (C=O) groups excluding carboxylic acids is 1. The molecule has 0 bridgehead atoms. The number of aryl methyl sites for hydroxylation is 1. The number of fused-ring (bicyclic) bond motifs is 1. The molecule has 0 spiro atoms. The number of nitrogens with one attached hydrogen (secondary N) is 1. The molecule has 1 saturated heterocycles. The second-order valence-electron chi connectivity index (χ2n) is 10.3. The summed E-state index contributed by atoms with van der Waals surface area (Å²) in [5.41, 5.74) is 3.16. The molecule has 1 fully saturated rings. The van der Waals surface area contributed by atoms with Crippen LogP contribution in [0.2, 0.25) is 5.02 Å². The number of hydrogen-bond acceptors (Lipinski definition) is 6. The number of aromatic nitrogens is 5. The van der Waals surface area contributed by atoms with Gasteiger partial charge in [-0.2, -0.15) is 10.2 Å². The molecule has 0 aliphatic carbocycles. The van der Waals surface area contributed by atoms with Gasteiger partial charge < -0.3 is 15.3 Å². The van der Waals surface area contributed by atoms with Crippen molar-refractivity contribution in [1.29, 1.82) is 0 Å². The third-order valence-electron chi connectivity index (χ3n) is 6.85. The largest absolute Gasteiger partial charge is 0.390 e. The lowest BCUT2D eigenvalue weighted by Crippen LogP contribution is -2.54. The average molecular weight is 522 g/mol. The van der Waals surface area contributed by atoms with E-state index < -0.39 is 5.60 Å². The molecule has 4 heterocycles. The molecule has 10 heteroatoms. The van der Waals surface area contributed by atoms with E-state index in [-0.39, 0.29) is 17.9 Å². The highest BCUT2D eigenvalue weighted by Gasteiger charge is 2.35. The molecule has 3 aromatic heterocycles. The van der Waals surface area contributed by atoms with E-state index in [0.717, 1.165) is 34.4 Å². The van der Waals surface area contributed by atoms with Crippen LogP contribution in [-0.2, 0) is 11.3 Å². The van der Waals surface area contributed by atoms with Crippen molar-refractivity contribution in [2.75, 3.05) is 18.0 Å². The molecule has 1 aliphatic heterocycles. The Kier molecular flexibility index (Phi) is 6.92. The number of rotatable bonds is 9. The van der Waals surface area contributed by atoms with Crippen molar-refractivity contribution in [3.05, 3.63) is 65.8 Å². The Hall–Kier alpha value is -3.43. The number of amides is 1. The van der Waals surface area contributed by atoms with Crippen LogP contribution >= 0.6 is 11.6 Å². The zero-order valence-corrected chi connectivity index (χ0v) is 22.1. The Morgan fingerprint density at radius 3 is 2.65 bits per heavy atom. The Morgan fingerprint density at radius 2 is 1.95 bits per heavy atom. The lowest BCUT2D eigenvalue weighted by Gasteiger charge is -2.39. The molecule has 5 rings (SSSR count). The monoisotopic (exact) mass is 521 g/mol. The number of nitrogens with zero attached hydrogens (tertiary/aromatic N) is 6. The van der Waals surface area contributed by atoms with Crippen molar-refractivity contribution in [2.45, 2.75) is 51.8 Å².